The Labute approximate surface area is 152 Å². The van der Waals surface area contributed by atoms with Crippen molar-refractivity contribution in [3.05, 3.63) is 0 Å². The molecule has 0 bridgehead atoms. The number of carbonyl (C=O) groups excluding carboxylic acids is 1. The molecule has 0 radical (unpaired) electrons. The Balaban J connectivity index is 1.47. The molecular weight excluding hydrogens is 322 g/mol. The minimum atomic E-state index is 0.194. The lowest BCUT2D eigenvalue weighted by atomic mass is 9.82. The summed E-state index contributed by atoms with van der Waals surface area (Å²) in [6.07, 6.45) is 8.64. The minimum Gasteiger partial charge on any atom is -0.353 e. The highest BCUT2D eigenvalue weighted by atomic mass is 35.5. The number of nitrogens with zero attached hydrogens (tertiary/aromatic N) is 1. The molecule has 1 amide bonds. The van der Waals surface area contributed by atoms with Crippen molar-refractivity contribution in [2.24, 2.45) is 11.8 Å². The second-order valence-corrected chi connectivity index (χ2v) is 9.15. The lowest BCUT2D eigenvalue weighted by Crippen LogP contribution is -2.49. The number of rotatable bonds is 3. The molecule has 5 atom stereocenters. The molecule has 0 aromatic heterocycles. The van der Waals surface area contributed by atoms with E-state index >= 15 is 0 Å². The molecule has 2 saturated carbocycles. The Kier molecular flexibility index (Phi) is 6.10. The van der Waals surface area contributed by atoms with E-state index in [9.17, 15) is 4.79 Å². The zero-order valence-electron chi connectivity index (χ0n) is 15.4. The standard InChI is InChI=1S/C19H34ClN3O/c1-12-4-7-16(20)11-18(12)21-19(24)15-5-8-17(9-6-15)23-14(3)10-13(2)22-23/h12-18,22H,4-11H2,1-3H3,(H,21,24). The second-order valence-electron chi connectivity index (χ2n) is 8.53. The number of alkyl halides is 1. The monoisotopic (exact) mass is 355 g/mol. The number of hydrogen-bond acceptors (Lipinski definition) is 3. The zero-order chi connectivity index (χ0) is 17.3. The van der Waals surface area contributed by atoms with Gasteiger partial charge in [-0.1, -0.05) is 6.92 Å². The van der Waals surface area contributed by atoms with Crippen LogP contribution in [-0.2, 0) is 4.79 Å². The fourth-order valence-electron chi connectivity index (χ4n) is 4.91. The highest BCUT2D eigenvalue weighted by molar-refractivity contribution is 6.20. The summed E-state index contributed by atoms with van der Waals surface area (Å²) < 4.78 is 0. The van der Waals surface area contributed by atoms with Gasteiger partial charge in [-0.05, 0) is 71.1 Å². The largest absolute Gasteiger partial charge is 0.353 e. The van der Waals surface area contributed by atoms with Gasteiger partial charge < -0.3 is 5.32 Å². The quantitative estimate of drug-likeness (QED) is 0.762. The Bertz CT molecular complexity index is 438. The van der Waals surface area contributed by atoms with Crippen molar-refractivity contribution in [2.75, 3.05) is 0 Å². The fourth-order valence-corrected chi connectivity index (χ4v) is 5.23. The molecule has 0 spiro atoms. The van der Waals surface area contributed by atoms with Crippen LogP contribution in [0.5, 0.6) is 0 Å². The molecule has 0 aromatic carbocycles. The van der Waals surface area contributed by atoms with Crippen molar-refractivity contribution in [2.45, 2.75) is 102 Å². The lowest BCUT2D eigenvalue weighted by molar-refractivity contribution is -0.127. The predicted molar refractivity (Wildman–Crippen MR) is 98.8 cm³/mol. The van der Waals surface area contributed by atoms with E-state index in [0.717, 1.165) is 44.9 Å². The highest BCUT2D eigenvalue weighted by Gasteiger charge is 2.36. The number of nitrogens with one attached hydrogen (secondary N) is 2. The van der Waals surface area contributed by atoms with E-state index in [1.54, 1.807) is 0 Å². The molecule has 0 aromatic rings. The number of hydrazine groups is 1. The zero-order valence-corrected chi connectivity index (χ0v) is 16.2. The Morgan fingerprint density at radius 2 is 1.75 bits per heavy atom. The molecule has 24 heavy (non-hydrogen) atoms. The van der Waals surface area contributed by atoms with E-state index in [1.807, 2.05) is 0 Å². The van der Waals surface area contributed by atoms with Gasteiger partial charge in [-0.15, -0.1) is 11.6 Å². The number of amides is 1. The molecule has 3 aliphatic rings. The van der Waals surface area contributed by atoms with Crippen LogP contribution in [0.1, 0.15) is 72.1 Å². The topological polar surface area (TPSA) is 44.4 Å². The van der Waals surface area contributed by atoms with Crippen LogP contribution in [0.4, 0.5) is 0 Å². The van der Waals surface area contributed by atoms with Crippen LogP contribution in [0.2, 0.25) is 0 Å². The molecule has 4 nitrogen and oxygen atoms in total. The van der Waals surface area contributed by atoms with Crippen molar-refractivity contribution in [3.63, 3.8) is 0 Å². The highest BCUT2D eigenvalue weighted by Crippen LogP contribution is 2.32. The molecule has 1 heterocycles. The number of carbonyl (C=O) groups is 1. The summed E-state index contributed by atoms with van der Waals surface area (Å²) in [4.78, 5) is 12.7. The van der Waals surface area contributed by atoms with Crippen LogP contribution in [0.15, 0.2) is 0 Å². The van der Waals surface area contributed by atoms with Crippen LogP contribution in [0.25, 0.3) is 0 Å². The third-order valence-corrected chi connectivity index (χ3v) is 6.86. The van der Waals surface area contributed by atoms with Crippen LogP contribution in [0, 0.1) is 11.8 Å². The maximum absolute atomic E-state index is 12.7. The van der Waals surface area contributed by atoms with Crippen LogP contribution in [-0.4, -0.2) is 40.5 Å². The van der Waals surface area contributed by atoms with E-state index in [4.69, 9.17) is 11.6 Å². The predicted octanol–water partition coefficient (Wildman–Crippen LogP) is 3.44. The first-order valence-electron chi connectivity index (χ1n) is 9.93. The van der Waals surface area contributed by atoms with E-state index in [0.29, 0.717) is 24.0 Å². The lowest BCUT2D eigenvalue weighted by Gasteiger charge is -2.38. The summed E-state index contributed by atoms with van der Waals surface area (Å²) in [5.74, 6) is 1.02. The molecule has 1 aliphatic heterocycles. The summed E-state index contributed by atoms with van der Waals surface area (Å²) in [6.45, 7) is 6.81. The number of halogens is 1. The molecule has 5 unspecified atom stereocenters. The average molecular weight is 356 g/mol. The maximum atomic E-state index is 12.7. The third-order valence-electron chi connectivity index (χ3n) is 6.46. The van der Waals surface area contributed by atoms with Crippen molar-refractivity contribution in [1.82, 2.24) is 15.8 Å². The van der Waals surface area contributed by atoms with Gasteiger partial charge in [0.15, 0.2) is 0 Å². The van der Waals surface area contributed by atoms with Gasteiger partial charge in [-0.2, -0.15) is 0 Å². The molecule has 138 valence electrons. The first-order chi connectivity index (χ1) is 11.4. The maximum Gasteiger partial charge on any atom is 0.223 e. The SMILES string of the molecule is CC1CC(C)N(C2CCC(C(=O)NC3CC(Cl)CCC3C)CC2)N1. The molecule has 2 N–H and O–H groups in total. The van der Waals surface area contributed by atoms with E-state index < -0.39 is 0 Å². The van der Waals surface area contributed by atoms with Gasteiger partial charge in [-0.3, -0.25) is 10.2 Å². The van der Waals surface area contributed by atoms with Crippen molar-refractivity contribution < 1.29 is 4.79 Å². The van der Waals surface area contributed by atoms with Crippen LogP contribution < -0.4 is 10.7 Å². The van der Waals surface area contributed by atoms with E-state index in [2.05, 4.69) is 36.5 Å². The summed E-state index contributed by atoms with van der Waals surface area (Å²) in [5.41, 5.74) is 3.61. The van der Waals surface area contributed by atoms with Gasteiger partial charge in [0, 0.05) is 35.5 Å². The fraction of sp³-hybridized carbons (Fsp3) is 0.947. The molecule has 1 saturated heterocycles. The summed E-state index contributed by atoms with van der Waals surface area (Å²) in [7, 11) is 0. The van der Waals surface area contributed by atoms with Crippen molar-refractivity contribution in [3.8, 4) is 0 Å². The van der Waals surface area contributed by atoms with Crippen molar-refractivity contribution >= 4 is 17.5 Å². The Morgan fingerprint density at radius 3 is 2.38 bits per heavy atom. The Morgan fingerprint density at radius 1 is 1.04 bits per heavy atom. The first-order valence-corrected chi connectivity index (χ1v) is 10.4. The normalized spacial score (nSPS) is 44.4. The van der Waals surface area contributed by atoms with Crippen LogP contribution >= 0.6 is 11.6 Å². The molecule has 2 aliphatic carbocycles. The summed E-state index contributed by atoms with van der Waals surface area (Å²) in [5, 5.41) is 6.00. The second kappa shape index (κ2) is 7.92. The first kappa shape index (κ1) is 18.5. The van der Waals surface area contributed by atoms with Gasteiger partial charge in [0.25, 0.3) is 0 Å². The van der Waals surface area contributed by atoms with Gasteiger partial charge in [0.05, 0.1) is 0 Å². The van der Waals surface area contributed by atoms with Gasteiger partial charge in [0.2, 0.25) is 5.91 Å². The Hall–Kier alpha value is -0.320. The molecule has 3 rings (SSSR count). The average Bonchev–Trinajstić information content (AvgIpc) is 2.89. The summed E-state index contributed by atoms with van der Waals surface area (Å²) >= 11 is 6.30. The molecule has 5 heteroatoms. The molecule has 3 fully saturated rings. The van der Waals surface area contributed by atoms with Gasteiger partial charge in [-0.25, -0.2) is 5.01 Å². The van der Waals surface area contributed by atoms with Crippen molar-refractivity contribution in [1.29, 1.82) is 0 Å². The third kappa shape index (κ3) is 4.25. The molecular formula is C19H34ClN3O. The van der Waals surface area contributed by atoms with Gasteiger partial charge in [0.1, 0.15) is 0 Å². The van der Waals surface area contributed by atoms with Gasteiger partial charge >= 0.3 is 0 Å². The minimum absolute atomic E-state index is 0.194. The number of hydrogen-bond donors (Lipinski definition) is 2. The summed E-state index contributed by atoms with van der Waals surface area (Å²) in [6, 6.07) is 2.05. The van der Waals surface area contributed by atoms with E-state index in [1.165, 1.54) is 6.42 Å². The van der Waals surface area contributed by atoms with E-state index in [-0.39, 0.29) is 23.2 Å². The smallest absolute Gasteiger partial charge is 0.223 e. The van der Waals surface area contributed by atoms with Crippen LogP contribution in [0.3, 0.4) is 0 Å².